The molecule has 0 heterocycles. The first-order valence-electron chi connectivity index (χ1n) is 15.6. The summed E-state index contributed by atoms with van der Waals surface area (Å²) in [6.07, 6.45) is 0. The van der Waals surface area contributed by atoms with Crippen molar-refractivity contribution in [2.24, 2.45) is 0 Å². The van der Waals surface area contributed by atoms with Crippen LogP contribution in [0.4, 0.5) is 0 Å². The second kappa shape index (κ2) is 12.6. The molecule has 1 radical (unpaired) electrons. The van der Waals surface area contributed by atoms with Gasteiger partial charge in [-0.1, -0.05) is 180 Å². The number of rotatable bonds is 6. The zero-order valence-electron chi connectivity index (χ0n) is 28.6. The molecule has 43 heavy (non-hydrogen) atoms. The van der Waals surface area contributed by atoms with Gasteiger partial charge in [-0.2, -0.15) is 4.86 Å². The average molecular weight is 609 g/mol. The van der Waals surface area contributed by atoms with E-state index in [1.807, 2.05) is 0 Å². The molecule has 0 N–H and O–H groups in total. The topological polar surface area (TPSA) is 14.1 Å². The molecule has 1 nitrogen and oxygen atoms in total. The summed E-state index contributed by atoms with van der Waals surface area (Å²) in [5.41, 5.74) is 5.54. The third-order valence-corrected chi connectivity index (χ3v) is 12.8. The summed E-state index contributed by atoms with van der Waals surface area (Å²) in [5, 5.41) is 5.48. The molecule has 227 valence electrons. The van der Waals surface area contributed by atoms with Crippen molar-refractivity contribution in [3.63, 3.8) is 0 Å². The summed E-state index contributed by atoms with van der Waals surface area (Å²) in [5.74, 6) is 0. The van der Waals surface area contributed by atoms with Crippen LogP contribution in [0.1, 0.15) is 105 Å². The van der Waals surface area contributed by atoms with Gasteiger partial charge in [0.25, 0.3) is 0 Å². The van der Waals surface area contributed by atoms with Gasteiger partial charge in [-0.3, -0.25) is 0 Å². The van der Waals surface area contributed by atoms with Gasteiger partial charge in [-0.05, 0) is 43.9 Å². The largest absolute Gasteiger partial charge is 0.173 e. The first-order chi connectivity index (χ1) is 19.9. The molecule has 0 unspecified atom stereocenters. The van der Waals surface area contributed by atoms with Crippen LogP contribution in [-0.4, -0.2) is 0 Å². The summed E-state index contributed by atoms with van der Waals surface area (Å²) in [4.78, 5) is 6.18. The van der Waals surface area contributed by atoms with Crippen molar-refractivity contribution < 1.29 is 0 Å². The molecule has 4 rings (SSSR count). The second-order valence-electron chi connectivity index (χ2n) is 15.8. The van der Waals surface area contributed by atoms with E-state index in [9.17, 15) is 0 Å². The smallest absolute Gasteiger partial charge is 0.0503 e. The van der Waals surface area contributed by atoms with E-state index in [0.717, 1.165) is 0 Å². The van der Waals surface area contributed by atoms with E-state index in [1.54, 1.807) is 0 Å². The van der Waals surface area contributed by atoms with Gasteiger partial charge >= 0.3 is 0 Å². The first kappa shape index (κ1) is 33.6. The highest BCUT2D eigenvalue weighted by molar-refractivity contribution is 7.85. The molecule has 0 saturated heterocycles. The third-order valence-electron chi connectivity index (χ3n) is 7.94. The van der Waals surface area contributed by atoms with Crippen molar-refractivity contribution in [1.82, 2.24) is 4.86 Å². The molecule has 4 aromatic rings. The molecule has 3 heteroatoms. The van der Waals surface area contributed by atoms with Crippen molar-refractivity contribution in [3.8, 4) is 0 Å². The molecule has 0 spiro atoms. The van der Waals surface area contributed by atoms with Crippen molar-refractivity contribution in [3.05, 3.63) is 119 Å². The Balaban J connectivity index is 2.10. The maximum Gasteiger partial charge on any atom is 0.0503 e. The first-order valence-corrected chi connectivity index (χ1v) is 18.2. The SMILES string of the molecule is CC(C)(C)c1ccccc1P([N]P(c1ccccc1C(C)(C)C)c1ccccc1C(C)(C)C)c1ccccc1C(C)(C)C. The lowest BCUT2D eigenvalue weighted by Gasteiger charge is -2.36. The lowest BCUT2D eigenvalue weighted by atomic mass is 9.87. The monoisotopic (exact) mass is 608 g/mol. The van der Waals surface area contributed by atoms with Gasteiger partial charge in [0, 0.05) is 21.2 Å². The minimum atomic E-state index is -1.05. The van der Waals surface area contributed by atoms with Crippen LogP contribution in [0.5, 0.6) is 0 Å². The normalized spacial score (nSPS) is 13.2. The fourth-order valence-corrected chi connectivity index (χ4v) is 11.9. The van der Waals surface area contributed by atoms with Crippen molar-refractivity contribution in [2.45, 2.75) is 105 Å². The zero-order chi connectivity index (χ0) is 31.8. The molecule has 0 amide bonds. The van der Waals surface area contributed by atoms with Crippen LogP contribution in [0.3, 0.4) is 0 Å². The minimum Gasteiger partial charge on any atom is -0.173 e. The second-order valence-corrected chi connectivity index (χ2v) is 19.7. The molecule has 0 atom stereocenters. The van der Waals surface area contributed by atoms with E-state index in [2.05, 4.69) is 180 Å². The summed E-state index contributed by atoms with van der Waals surface area (Å²) < 4.78 is 0. The molecular formula is C40H52NP2. The fourth-order valence-electron chi connectivity index (χ4n) is 5.71. The Kier molecular flexibility index (Phi) is 9.84. The van der Waals surface area contributed by atoms with Gasteiger partial charge in [0.1, 0.15) is 0 Å². The van der Waals surface area contributed by atoms with Crippen molar-refractivity contribution in [1.29, 1.82) is 0 Å². The molecule has 0 aromatic heterocycles. The summed E-state index contributed by atoms with van der Waals surface area (Å²) in [7, 11) is -2.10. The van der Waals surface area contributed by atoms with Crippen molar-refractivity contribution >= 4 is 37.4 Å². The van der Waals surface area contributed by atoms with E-state index < -0.39 is 16.1 Å². The Bertz CT molecular complexity index is 1310. The van der Waals surface area contributed by atoms with Crippen LogP contribution >= 0.6 is 16.1 Å². The lowest BCUT2D eigenvalue weighted by Crippen LogP contribution is -2.34. The Morgan fingerprint density at radius 3 is 0.698 bits per heavy atom. The summed E-state index contributed by atoms with van der Waals surface area (Å²) in [6, 6.07) is 36.4. The third kappa shape index (κ3) is 7.68. The molecule has 0 bridgehead atoms. The number of hydrogen-bond acceptors (Lipinski definition) is 0. The Labute approximate surface area is 265 Å². The molecule has 0 fully saturated rings. The van der Waals surface area contributed by atoms with E-state index in [1.165, 1.54) is 43.5 Å². The Hall–Kier alpha value is -2.30. The minimum absolute atomic E-state index is 0.00123. The van der Waals surface area contributed by atoms with Crippen LogP contribution in [0.15, 0.2) is 97.1 Å². The van der Waals surface area contributed by atoms with Gasteiger partial charge in [0.05, 0.1) is 16.1 Å². The number of benzene rings is 4. The number of hydrogen-bond donors (Lipinski definition) is 0. The van der Waals surface area contributed by atoms with Crippen LogP contribution in [-0.2, 0) is 21.7 Å². The molecule has 0 saturated carbocycles. The standard InChI is InChI=1S/C40H52NP2/c1-37(2,3)29-21-13-17-25-33(29)42(34-26-18-14-22-30(34)38(4,5)6)41-43(35-27-19-15-23-31(35)39(7,8)9)36-28-20-16-24-32(36)40(10,11)12/h13-28H,1-12H3. The molecular weight excluding hydrogens is 556 g/mol. The van der Waals surface area contributed by atoms with Crippen LogP contribution in [0, 0.1) is 0 Å². The predicted octanol–water partition coefficient (Wildman–Crippen LogP) is 9.88. The zero-order valence-corrected chi connectivity index (χ0v) is 30.4. The van der Waals surface area contributed by atoms with E-state index >= 15 is 0 Å². The highest BCUT2D eigenvalue weighted by Gasteiger charge is 2.35. The van der Waals surface area contributed by atoms with Gasteiger partial charge < -0.3 is 0 Å². The lowest BCUT2D eigenvalue weighted by molar-refractivity contribution is 0.593. The van der Waals surface area contributed by atoms with E-state index in [-0.39, 0.29) is 21.7 Å². The predicted molar refractivity (Wildman–Crippen MR) is 195 cm³/mol. The van der Waals surface area contributed by atoms with Crippen LogP contribution < -0.4 is 26.1 Å². The highest BCUT2D eigenvalue weighted by atomic mass is 31.2. The fraction of sp³-hybridized carbons (Fsp3) is 0.400. The molecule has 0 aliphatic carbocycles. The average Bonchev–Trinajstić information content (AvgIpc) is 2.92. The van der Waals surface area contributed by atoms with E-state index in [4.69, 9.17) is 4.86 Å². The van der Waals surface area contributed by atoms with E-state index in [0.29, 0.717) is 0 Å². The van der Waals surface area contributed by atoms with Gasteiger partial charge in [-0.25, -0.2) is 0 Å². The summed E-state index contributed by atoms with van der Waals surface area (Å²) >= 11 is 0. The van der Waals surface area contributed by atoms with Gasteiger partial charge in [0.15, 0.2) is 0 Å². The highest BCUT2D eigenvalue weighted by Crippen LogP contribution is 2.50. The van der Waals surface area contributed by atoms with Crippen LogP contribution in [0.25, 0.3) is 0 Å². The number of nitrogens with zero attached hydrogens (tertiary/aromatic N) is 1. The maximum absolute atomic E-state index is 6.18. The molecule has 0 aliphatic rings. The Morgan fingerprint density at radius 1 is 0.326 bits per heavy atom. The molecule has 4 aromatic carbocycles. The van der Waals surface area contributed by atoms with Gasteiger partial charge in [0.2, 0.25) is 0 Å². The van der Waals surface area contributed by atoms with Crippen molar-refractivity contribution in [2.75, 3.05) is 0 Å². The summed E-state index contributed by atoms with van der Waals surface area (Å²) in [6.45, 7) is 28.0. The van der Waals surface area contributed by atoms with Gasteiger partial charge in [-0.15, -0.1) is 0 Å². The van der Waals surface area contributed by atoms with Crippen LogP contribution in [0.2, 0.25) is 0 Å². The molecule has 0 aliphatic heterocycles. The Morgan fingerprint density at radius 2 is 0.512 bits per heavy atom. The quantitative estimate of drug-likeness (QED) is 0.194. The maximum atomic E-state index is 6.18.